The summed E-state index contributed by atoms with van der Waals surface area (Å²) >= 11 is 0. The van der Waals surface area contributed by atoms with E-state index in [1.165, 1.54) is 22.3 Å². The van der Waals surface area contributed by atoms with Crippen molar-refractivity contribution >= 4 is 17.1 Å². The number of carbonyl (C=O) groups is 1. The van der Waals surface area contributed by atoms with Gasteiger partial charge in [0, 0.05) is 18.1 Å². The zero-order chi connectivity index (χ0) is 23.9. The van der Waals surface area contributed by atoms with Gasteiger partial charge in [-0.05, 0) is 81.1 Å². The number of fused-ring (bicyclic) bond motifs is 1. The summed E-state index contributed by atoms with van der Waals surface area (Å²) in [5.74, 6) is -0.929. The van der Waals surface area contributed by atoms with Gasteiger partial charge in [0.15, 0.2) is 0 Å². The third-order valence-corrected chi connectivity index (χ3v) is 6.66. The molecule has 0 unspecified atom stereocenters. The number of carboxylic acids is 1. The fraction of sp³-hybridized carbons (Fsp3) is 0.133. The topological polar surface area (TPSA) is 55.1 Å². The summed E-state index contributed by atoms with van der Waals surface area (Å²) in [7, 11) is 0. The highest BCUT2D eigenvalue weighted by Crippen LogP contribution is 2.42. The lowest BCUT2D eigenvalue weighted by atomic mass is 9.71. The molecule has 1 aliphatic rings. The lowest BCUT2D eigenvalue weighted by molar-refractivity contribution is 0.0697. The van der Waals surface area contributed by atoms with Gasteiger partial charge in [-0.3, -0.25) is 0 Å². The van der Waals surface area contributed by atoms with E-state index in [0.29, 0.717) is 0 Å². The standard InChI is InChI=1S/C30H26N2O2/c1-20(21-4-6-23(7-5-21)29(33)34)24-10-13-28-27(18-24)26(14-15-30(28,2)3)22-8-11-25(12-9-22)32-17-16-31-19-32/h4-14,16-19H,1,15H2,2-3H3,(H,33,34). The Kier molecular flexibility index (Phi) is 5.29. The summed E-state index contributed by atoms with van der Waals surface area (Å²) in [4.78, 5) is 15.3. The second-order valence-electron chi connectivity index (χ2n) is 9.34. The molecule has 3 aromatic carbocycles. The minimum atomic E-state index is -0.929. The number of carboxylic acid groups (broad SMARTS) is 1. The van der Waals surface area contributed by atoms with Crippen molar-refractivity contribution in [3.8, 4) is 5.69 Å². The Morgan fingerprint density at radius 2 is 1.65 bits per heavy atom. The first-order chi connectivity index (χ1) is 16.3. The zero-order valence-electron chi connectivity index (χ0n) is 19.3. The Labute approximate surface area is 199 Å². The van der Waals surface area contributed by atoms with Crippen molar-refractivity contribution in [1.82, 2.24) is 9.55 Å². The summed E-state index contributed by atoms with van der Waals surface area (Å²) in [6.45, 7) is 8.87. The van der Waals surface area contributed by atoms with Crippen LogP contribution in [0.25, 0.3) is 16.8 Å². The van der Waals surface area contributed by atoms with Gasteiger partial charge in [0.05, 0.1) is 11.9 Å². The third kappa shape index (κ3) is 3.88. The molecule has 168 valence electrons. The first-order valence-corrected chi connectivity index (χ1v) is 11.3. The van der Waals surface area contributed by atoms with E-state index in [1.54, 1.807) is 24.7 Å². The molecule has 1 heterocycles. The molecular formula is C30H26N2O2. The number of imidazole rings is 1. The van der Waals surface area contributed by atoms with Crippen LogP contribution in [0.15, 0.2) is 98.1 Å². The molecule has 1 aliphatic carbocycles. The fourth-order valence-electron chi connectivity index (χ4n) is 4.60. The summed E-state index contributed by atoms with van der Waals surface area (Å²) in [5.41, 5.74) is 9.14. The minimum Gasteiger partial charge on any atom is -0.478 e. The predicted octanol–water partition coefficient (Wildman–Crippen LogP) is 6.75. The number of allylic oxidation sites excluding steroid dienone is 1. The van der Waals surface area contributed by atoms with Gasteiger partial charge in [0.1, 0.15) is 0 Å². The van der Waals surface area contributed by atoms with E-state index < -0.39 is 5.97 Å². The predicted molar refractivity (Wildman–Crippen MR) is 136 cm³/mol. The monoisotopic (exact) mass is 446 g/mol. The number of nitrogens with zero attached hydrogens (tertiary/aromatic N) is 2. The highest BCUT2D eigenvalue weighted by molar-refractivity contribution is 5.90. The molecule has 0 bridgehead atoms. The maximum atomic E-state index is 11.2. The van der Waals surface area contributed by atoms with Crippen LogP contribution in [0.1, 0.15) is 58.4 Å². The van der Waals surface area contributed by atoms with Gasteiger partial charge >= 0.3 is 5.97 Å². The highest BCUT2D eigenvalue weighted by atomic mass is 16.4. The number of benzene rings is 3. The van der Waals surface area contributed by atoms with E-state index in [-0.39, 0.29) is 11.0 Å². The maximum Gasteiger partial charge on any atom is 0.335 e. The van der Waals surface area contributed by atoms with E-state index >= 15 is 0 Å². The molecule has 0 atom stereocenters. The zero-order valence-corrected chi connectivity index (χ0v) is 19.3. The average Bonchev–Trinajstić information content (AvgIpc) is 3.39. The van der Waals surface area contributed by atoms with Crippen LogP contribution in [0.2, 0.25) is 0 Å². The van der Waals surface area contributed by atoms with Crippen molar-refractivity contribution in [2.75, 3.05) is 0 Å². The Morgan fingerprint density at radius 3 is 2.29 bits per heavy atom. The van der Waals surface area contributed by atoms with Gasteiger partial charge in [-0.1, -0.05) is 62.9 Å². The van der Waals surface area contributed by atoms with E-state index in [2.05, 4.69) is 74.0 Å². The van der Waals surface area contributed by atoms with Gasteiger partial charge in [-0.2, -0.15) is 0 Å². The lowest BCUT2D eigenvalue weighted by Crippen LogP contribution is -2.22. The first-order valence-electron chi connectivity index (χ1n) is 11.3. The normalized spacial score (nSPS) is 14.2. The first kappa shape index (κ1) is 21.7. The Balaban J connectivity index is 1.53. The quantitative estimate of drug-likeness (QED) is 0.369. The average molecular weight is 447 g/mol. The van der Waals surface area contributed by atoms with Gasteiger partial charge in [0.2, 0.25) is 0 Å². The van der Waals surface area contributed by atoms with E-state index in [4.69, 9.17) is 0 Å². The van der Waals surface area contributed by atoms with Crippen LogP contribution in [-0.4, -0.2) is 20.6 Å². The fourth-order valence-corrected chi connectivity index (χ4v) is 4.60. The molecule has 4 nitrogen and oxygen atoms in total. The van der Waals surface area contributed by atoms with E-state index in [9.17, 15) is 9.90 Å². The second kappa shape index (κ2) is 8.31. The van der Waals surface area contributed by atoms with Crippen LogP contribution in [0.5, 0.6) is 0 Å². The Bertz CT molecular complexity index is 1410. The molecule has 0 spiro atoms. The molecule has 0 saturated heterocycles. The second-order valence-corrected chi connectivity index (χ2v) is 9.34. The SMILES string of the molecule is C=C(c1ccc(C(=O)O)cc1)c1ccc2c(c1)C(c1ccc(-n3ccnc3)cc1)=CCC2(C)C. The van der Waals surface area contributed by atoms with Crippen LogP contribution in [-0.2, 0) is 5.41 Å². The van der Waals surface area contributed by atoms with Crippen molar-refractivity contribution < 1.29 is 9.90 Å². The van der Waals surface area contributed by atoms with Crippen molar-refractivity contribution in [2.24, 2.45) is 0 Å². The summed E-state index contributed by atoms with van der Waals surface area (Å²) in [5, 5.41) is 9.19. The molecular weight excluding hydrogens is 420 g/mol. The van der Waals surface area contributed by atoms with Gasteiger partial charge in [-0.15, -0.1) is 0 Å². The van der Waals surface area contributed by atoms with Crippen molar-refractivity contribution in [2.45, 2.75) is 25.7 Å². The van der Waals surface area contributed by atoms with Crippen molar-refractivity contribution in [3.63, 3.8) is 0 Å². The van der Waals surface area contributed by atoms with Crippen LogP contribution in [0, 0.1) is 0 Å². The molecule has 34 heavy (non-hydrogen) atoms. The molecule has 1 aromatic heterocycles. The number of aromatic carboxylic acids is 1. The molecule has 0 amide bonds. The molecule has 0 radical (unpaired) electrons. The van der Waals surface area contributed by atoms with E-state index in [1.807, 2.05) is 22.9 Å². The van der Waals surface area contributed by atoms with Crippen LogP contribution in [0.3, 0.4) is 0 Å². The van der Waals surface area contributed by atoms with Crippen LogP contribution in [0.4, 0.5) is 0 Å². The lowest BCUT2D eigenvalue weighted by Gasteiger charge is -2.33. The minimum absolute atomic E-state index is 0.0403. The van der Waals surface area contributed by atoms with Crippen LogP contribution >= 0.6 is 0 Å². The van der Waals surface area contributed by atoms with Gasteiger partial charge in [-0.25, -0.2) is 9.78 Å². The molecule has 4 aromatic rings. The number of hydrogen-bond donors (Lipinski definition) is 1. The van der Waals surface area contributed by atoms with E-state index in [0.717, 1.165) is 28.8 Å². The van der Waals surface area contributed by atoms with Gasteiger partial charge in [0.25, 0.3) is 0 Å². The largest absolute Gasteiger partial charge is 0.478 e. The Hall–Kier alpha value is -4.18. The summed E-state index contributed by atoms with van der Waals surface area (Å²) < 4.78 is 1.99. The summed E-state index contributed by atoms with van der Waals surface area (Å²) in [6.07, 6.45) is 8.82. The van der Waals surface area contributed by atoms with Crippen molar-refractivity contribution in [3.05, 3.63) is 131 Å². The number of aromatic nitrogens is 2. The molecule has 0 saturated carbocycles. The molecule has 1 N–H and O–H groups in total. The molecule has 5 rings (SSSR count). The van der Waals surface area contributed by atoms with Crippen LogP contribution < -0.4 is 0 Å². The number of rotatable bonds is 5. The van der Waals surface area contributed by atoms with Crippen molar-refractivity contribution in [1.29, 1.82) is 0 Å². The third-order valence-electron chi connectivity index (χ3n) is 6.66. The molecule has 4 heteroatoms. The molecule has 0 aliphatic heterocycles. The highest BCUT2D eigenvalue weighted by Gasteiger charge is 2.29. The number of hydrogen-bond acceptors (Lipinski definition) is 2. The Morgan fingerprint density at radius 1 is 0.971 bits per heavy atom. The smallest absolute Gasteiger partial charge is 0.335 e. The summed E-state index contributed by atoms with van der Waals surface area (Å²) in [6, 6.07) is 22.0. The molecule has 0 fully saturated rings. The maximum absolute atomic E-state index is 11.2. The van der Waals surface area contributed by atoms with Gasteiger partial charge < -0.3 is 9.67 Å².